The van der Waals surface area contributed by atoms with Crippen LogP contribution in [0.3, 0.4) is 0 Å². The fraction of sp³-hybridized carbons (Fsp3) is 0.462. The van der Waals surface area contributed by atoms with Crippen LogP contribution in [0.4, 0.5) is 8.78 Å². The number of rotatable bonds is 2. The van der Waals surface area contributed by atoms with Gasteiger partial charge in [0, 0.05) is 11.5 Å². The third kappa shape index (κ3) is 2.16. The van der Waals surface area contributed by atoms with Crippen LogP contribution in [0.15, 0.2) is 27.4 Å². The van der Waals surface area contributed by atoms with Gasteiger partial charge in [-0.1, -0.05) is 6.07 Å². The Morgan fingerprint density at radius 1 is 1.26 bits per heavy atom. The molecule has 2 aromatic rings. The number of aromatic amines is 1. The summed E-state index contributed by atoms with van der Waals surface area (Å²) in [6.07, 6.45) is 0.893. The zero-order valence-corrected chi connectivity index (χ0v) is 10.2. The summed E-state index contributed by atoms with van der Waals surface area (Å²) in [5, 5.41) is 3.07. The van der Waals surface area contributed by atoms with Gasteiger partial charge in [0.05, 0.1) is 5.52 Å². The molecule has 1 fully saturated rings. The maximum absolute atomic E-state index is 14.4. The first-order valence-electron chi connectivity index (χ1n) is 6.29. The molecule has 1 saturated heterocycles. The summed E-state index contributed by atoms with van der Waals surface area (Å²) in [6.45, 7) is 1.23. The molecule has 0 amide bonds. The van der Waals surface area contributed by atoms with Gasteiger partial charge in [-0.25, -0.2) is 13.6 Å². The fourth-order valence-corrected chi connectivity index (χ4v) is 2.57. The second-order valence-corrected chi connectivity index (χ2v) is 4.87. The molecule has 3 rings (SSSR count). The molecular weight excluding hydrogens is 254 g/mol. The van der Waals surface area contributed by atoms with Crippen molar-refractivity contribution in [2.75, 3.05) is 13.1 Å². The Kier molecular flexibility index (Phi) is 2.89. The normalized spacial score (nSPS) is 18.0. The Bertz CT molecular complexity index is 641. The van der Waals surface area contributed by atoms with Crippen molar-refractivity contribution in [2.45, 2.75) is 18.8 Å². The van der Waals surface area contributed by atoms with Gasteiger partial charge in [-0.15, -0.1) is 0 Å². The largest absolute Gasteiger partial charge is 0.417 e. The molecular formula is C13H14F2N2O2. The molecule has 1 aromatic carbocycles. The van der Waals surface area contributed by atoms with E-state index in [2.05, 4.69) is 10.3 Å². The maximum Gasteiger partial charge on any atom is 0.417 e. The number of alkyl halides is 2. The van der Waals surface area contributed by atoms with Crippen molar-refractivity contribution < 1.29 is 13.2 Å². The zero-order chi connectivity index (χ0) is 13.5. The van der Waals surface area contributed by atoms with E-state index >= 15 is 0 Å². The topological polar surface area (TPSA) is 58.0 Å². The number of aromatic nitrogens is 1. The Labute approximate surface area is 107 Å². The number of oxazole rings is 1. The van der Waals surface area contributed by atoms with Crippen LogP contribution in [0.1, 0.15) is 18.4 Å². The minimum atomic E-state index is -2.90. The first-order valence-corrected chi connectivity index (χ1v) is 6.29. The van der Waals surface area contributed by atoms with E-state index in [0.717, 1.165) is 0 Å². The van der Waals surface area contributed by atoms with Crippen molar-refractivity contribution in [3.05, 3.63) is 34.3 Å². The van der Waals surface area contributed by atoms with E-state index in [4.69, 9.17) is 4.42 Å². The third-order valence-electron chi connectivity index (χ3n) is 3.66. The van der Waals surface area contributed by atoms with Gasteiger partial charge >= 0.3 is 5.76 Å². The number of piperidine rings is 1. The van der Waals surface area contributed by atoms with Gasteiger partial charge in [0.25, 0.3) is 5.92 Å². The molecule has 1 aromatic heterocycles. The summed E-state index contributed by atoms with van der Waals surface area (Å²) in [4.78, 5) is 13.5. The first kappa shape index (κ1) is 12.3. The third-order valence-corrected chi connectivity index (χ3v) is 3.66. The molecule has 0 spiro atoms. The smallest absolute Gasteiger partial charge is 0.408 e. The van der Waals surface area contributed by atoms with Crippen LogP contribution in [0.25, 0.3) is 11.1 Å². The number of fused-ring (bicyclic) bond motifs is 1. The predicted octanol–water partition coefficient (Wildman–Crippen LogP) is 2.21. The van der Waals surface area contributed by atoms with E-state index in [1.54, 1.807) is 0 Å². The van der Waals surface area contributed by atoms with Crippen molar-refractivity contribution >= 4 is 11.1 Å². The molecule has 1 aliphatic heterocycles. The highest BCUT2D eigenvalue weighted by atomic mass is 19.3. The number of hydrogen-bond donors (Lipinski definition) is 2. The lowest BCUT2D eigenvalue weighted by atomic mass is 9.87. The van der Waals surface area contributed by atoms with Crippen molar-refractivity contribution in [3.8, 4) is 0 Å². The molecule has 0 radical (unpaired) electrons. The van der Waals surface area contributed by atoms with E-state index < -0.39 is 17.6 Å². The second-order valence-electron chi connectivity index (χ2n) is 4.87. The van der Waals surface area contributed by atoms with E-state index in [1.165, 1.54) is 18.2 Å². The van der Waals surface area contributed by atoms with Gasteiger partial charge in [-0.05, 0) is 38.1 Å². The standard InChI is InChI=1S/C13H14F2N2O2/c14-13(15,8-3-5-16-6-4-8)9-1-2-10-11(7-9)19-12(18)17-10/h1-2,7-8,16H,3-6H2,(H,17,18). The molecule has 4 nitrogen and oxygen atoms in total. The summed E-state index contributed by atoms with van der Waals surface area (Å²) in [5.74, 6) is -4.19. The van der Waals surface area contributed by atoms with E-state index in [1.807, 2.05) is 0 Å². The van der Waals surface area contributed by atoms with E-state index in [-0.39, 0.29) is 11.1 Å². The Morgan fingerprint density at radius 3 is 2.74 bits per heavy atom. The molecule has 102 valence electrons. The van der Waals surface area contributed by atoms with Crippen LogP contribution in [-0.4, -0.2) is 18.1 Å². The zero-order valence-electron chi connectivity index (χ0n) is 10.2. The van der Waals surface area contributed by atoms with Crippen molar-refractivity contribution in [3.63, 3.8) is 0 Å². The van der Waals surface area contributed by atoms with Crippen LogP contribution in [-0.2, 0) is 5.92 Å². The number of benzene rings is 1. The van der Waals surface area contributed by atoms with E-state index in [9.17, 15) is 13.6 Å². The minimum absolute atomic E-state index is 0.0883. The van der Waals surface area contributed by atoms with Crippen LogP contribution in [0.5, 0.6) is 0 Å². The molecule has 0 aliphatic carbocycles. The highest BCUT2D eigenvalue weighted by Gasteiger charge is 2.41. The van der Waals surface area contributed by atoms with Gasteiger partial charge in [-0.3, -0.25) is 4.98 Å². The summed E-state index contributed by atoms with van der Waals surface area (Å²) >= 11 is 0. The first-order chi connectivity index (χ1) is 9.07. The minimum Gasteiger partial charge on any atom is -0.408 e. The average Bonchev–Trinajstić information content (AvgIpc) is 2.78. The maximum atomic E-state index is 14.4. The molecule has 6 heteroatoms. The molecule has 0 bridgehead atoms. The summed E-state index contributed by atoms with van der Waals surface area (Å²) < 4.78 is 33.7. The number of hydrogen-bond acceptors (Lipinski definition) is 3. The number of halogens is 2. The average molecular weight is 268 g/mol. The summed E-state index contributed by atoms with van der Waals surface area (Å²) in [5.41, 5.74) is 0.528. The van der Waals surface area contributed by atoms with Crippen LogP contribution in [0.2, 0.25) is 0 Å². The lowest BCUT2D eigenvalue weighted by Crippen LogP contribution is -2.36. The van der Waals surface area contributed by atoms with Crippen LogP contribution < -0.4 is 11.1 Å². The van der Waals surface area contributed by atoms with Gasteiger partial charge in [0.1, 0.15) is 0 Å². The number of H-pyrrole nitrogens is 1. The molecule has 2 N–H and O–H groups in total. The molecule has 2 heterocycles. The molecule has 1 aliphatic rings. The van der Waals surface area contributed by atoms with Gasteiger partial charge in [0.15, 0.2) is 5.58 Å². The molecule has 19 heavy (non-hydrogen) atoms. The molecule has 0 saturated carbocycles. The lowest BCUT2D eigenvalue weighted by Gasteiger charge is -2.30. The quantitative estimate of drug-likeness (QED) is 0.878. The van der Waals surface area contributed by atoms with Crippen molar-refractivity contribution in [1.29, 1.82) is 0 Å². The van der Waals surface area contributed by atoms with Gasteiger partial charge < -0.3 is 9.73 Å². The highest BCUT2D eigenvalue weighted by molar-refractivity contribution is 5.73. The Hall–Kier alpha value is -1.69. The van der Waals surface area contributed by atoms with Crippen LogP contribution >= 0.6 is 0 Å². The van der Waals surface area contributed by atoms with Crippen molar-refractivity contribution in [2.24, 2.45) is 5.92 Å². The van der Waals surface area contributed by atoms with Gasteiger partial charge in [-0.2, -0.15) is 0 Å². The summed E-state index contributed by atoms with van der Waals surface area (Å²) in [7, 11) is 0. The lowest BCUT2D eigenvalue weighted by molar-refractivity contribution is -0.0752. The SMILES string of the molecule is O=c1[nH]c2ccc(C(F)(F)C3CCNCC3)cc2o1. The predicted molar refractivity (Wildman–Crippen MR) is 66.3 cm³/mol. The molecule has 0 atom stereocenters. The Morgan fingerprint density at radius 2 is 2.00 bits per heavy atom. The summed E-state index contributed by atoms with van der Waals surface area (Å²) in [6, 6.07) is 4.08. The highest BCUT2D eigenvalue weighted by Crippen LogP contribution is 2.41. The van der Waals surface area contributed by atoms with E-state index in [0.29, 0.717) is 31.4 Å². The molecule has 0 unspecified atom stereocenters. The van der Waals surface area contributed by atoms with Crippen molar-refractivity contribution in [1.82, 2.24) is 10.3 Å². The van der Waals surface area contributed by atoms with Crippen LogP contribution in [0, 0.1) is 5.92 Å². The van der Waals surface area contributed by atoms with Gasteiger partial charge in [0.2, 0.25) is 0 Å². The fourth-order valence-electron chi connectivity index (χ4n) is 2.57. The second kappa shape index (κ2) is 4.45. The Balaban J connectivity index is 1.99. The monoisotopic (exact) mass is 268 g/mol. The number of nitrogens with one attached hydrogen (secondary N) is 2.